The van der Waals surface area contributed by atoms with Crippen LogP contribution in [0.5, 0.6) is 0 Å². The molecule has 0 saturated carbocycles. The first kappa shape index (κ1) is 21.0. The van der Waals surface area contributed by atoms with E-state index in [0.29, 0.717) is 34.8 Å². The van der Waals surface area contributed by atoms with E-state index in [4.69, 9.17) is 5.73 Å². The number of nitrogens with one attached hydrogen (secondary N) is 1. The summed E-state index contributed by atoms with van der Waals surface area (Å²) in [6, 6.07) is 4.56. The van der Waals surface area contributed by atoms with E-state index in [1.807, 2.05) is 25.2 Å². The number of rotatable bonds is 4. The molecular weight excluding hydrogens is 413 g/mol. The first-order valence-electron chi connectivity index (χ1n) is 9.87. The number of thioether (sulfide) groups is 1. The van der Waals surface area contributed by atoms with Crippen LogP contribution in [-0.2, 0) is 10.3 Å². The smallest absolute Gasteiger partial charge is 0.251 e. The molecule has 4 rings (SSSR count). The molecule has 1 aromatic heterocycles. The second kappa shape index (κ2) is 8.85. The maximum Gasteiger partial charge on any atom is 0.251 e. The molecule has 2 heterocycles. The number of anilines is 1. The number of aromatic nitrogens is 2. The van der Waals surface area contributed by atoms with Crippen LogP contribution in [0.3, 0.4) is 0 Å². The Morgan fingerprint density at radius 3 is 2.84 bits per heavy atom. The van der Waals surface area contributed by atoms with Crippen LogP contribution < -0.4 is 11.1 Å². The highest BCUT2D eigenvalue weighted by Crippen LogP contribution is 2.37. The van der Waals surface area contributed by atoms with E-state index in [2.05, 4.69) is 20.3 Å². The van der Waals surface area contributed by atoms with E-state index >= 15 is 0 Å². The molecule has 1 atom stereocenters. The Kier molecular flexibility index (Phi) is 5.99. The van der Waals surface area contributed by atoms with Gasteiger partial charge in [-0.3, -0.25) is 9.79 Å². The highest BCUT2D eigenvalue weighted by molar-refractivity contribution is 8.13. The Labute approximate surface area is 184 Å². The predicted octanol–water partition coefficient (Wildman–Crippen LogP) is 4.19. The zero-order valence-electron chi connectivity index (χ0n) is 17.0. The average molecular weight is 436 g/mol. The van der Waals surface area contributed by atoms with Crippen molar-refractivity contribution in [3.8, 4) is 0 Å². The van der Waals surface area contributed by atoms with E-state index in [1.54, 1.807) is 30.6 Å². The fourth-order valence-corrected chi connectivity index (χ4v) is 4.52. The lowest BCUT2D eigenvalue weighted by Crippen LogP contribution is -2.29. The molecule has 2 aliphatic rings. The number of allylic oxidation sites excluding steroid dienone is 5. The Morgan fingerprint density at radius 2 is 2.06 bits per heavy atom. The van der Waals surface area contributed by atoms with Gasteiger partial charge in [-0.2, -0.15) is 0 Å². The normalized spacial score (nSPS) is 20.9. The Bertz CT molecular complexity index is 1130. The van der Waals surface area contributed by atoms with Crippen LogP contribution in [-0.4, -0.2) is 26.8 Å². The molecule has 6 nitrogen and oxygen atoms in total. The minimum absolute atomic E-state index is 0.239. The third kappa shape index (κ3) is 4.74. The van der Waals surface area contributed by atoms with Crippen molar-refractivity contribution in [1.82, 2.24) is 9.97 Å². The first-order chi connectivity index (χ1) is 14.9. The molecule has 1 aliphatic carbocycles. The minimum atomic E-state index is -0.750. The van der Waals surface area contributed by atoms with E-state index in [9.17, 15) is 9.18 Å². The van der Waals surface area contributed by atoms with Crippen molar-refractivity contribution in [3.63, 3.8) is 0 Å². The highest BCUT2D eigenvalue weighted by Gasteiger charge is 2.32. The Hall–Kier alpha value is -3.26. The second-order valence-electron chi connectivity index (χ2n) is 7.52. The standard InChI is InChI=1S/C23H22FN5OS/c1-23(9-10-31-22(25)29-23)19-11-18(7-8-20(19)24)28-21(30)16-4-2-3-15(5-6-16)17-12-26-14-27-13-17/h2-3,5-8,11-14H,4,9-10H2,1H3,(H2,25,29)(H,28,30). The van der Waals surface area contributed by atoms with E-state index in [-0.39, 0.29) is 11.7 Å². The van der Waals surface area contributed by atoms with Gasteiger partial charge < -0.3 is 11.1 Å². The van der Waals surface area contributed by atoms with Crippen LogP contribution in [0.2, 0.25) is 0 Å². The molecule has 1 unspecified atom stereocenters. The number of carbonyl (C=O) groups excluding carboxylic acids is 1. The zero-order chi connectivity index (χ0) is 21.8. The van der Waals surface area contributed by atoms with Crippen molar-refractivity contribution < 1.29 is 9.18 Å². The molecule has 158 valence electrons. The van der Waals surface area contributed by atoms with Crippen LogP contribution in [0.4, 0.5) is 10.1 Å². The number of amides is 1. The number of hydrogen-bond donors (Lipinski definition) is 2. The molecule has 8 heteroatoms. The molecule has 0 spiro atoms. The third-order valence-corrected chi connectivity index (χ3v) is 6.08. The number of benzene rings is 1. The first-order valence-corrected chi connectivity index (χ1v) is 10.9. The summed E-state index contributed by atoms with van der Waals surface area (Å²) in [7, 11) is 0. The average Bonchev–Trinajstić information content (AvgIpc) is 3.02. The number of aliphatic imine (C=N–C) groups is 1. The lowest BCUT2D eigenvalue weighted by Gasteiger charge is -2.30. The van der Waals surface area contributed by atoms with Gasteiger partial charge in [0.05, 0.1) is 5.54 Å². The van der Waals surface area contributed by atoms with Gasteiger partial charge in [-0.1, -0.05) is 36.1 Å². The van der Waals surface area contributed by atoms with Gasteiger partial charge in [0.15, 0.2) is 5.17 Å². The van der Waals surface area contributed by atoms with Crippen molar-refractivity contribution in [2.75, 3.05) is 11.1 Å². The number of halogens is 1. The number of carbonyl (C=O) groups is 1. The van der Waals surface area contributed by atoms with E-state index in [1.165, 1.54) is 24.2 Å². The maximum atomic E-state index is 14.6. The van der Waals surface area contributed by atoms with Crippen LogP contribution in [0.25, 0.3) is 5.57 Å². The van der Waals surface area contributed by atoms with Crippen molar-refractivity contribution in [1.29, 1.82) is 0 Å². The summed E-state index contributed by atoms with van der Waals surface area (Å²) in [6.07, 6.45) is 13.6. The molecule has 1 amide bonds. The molecule has 0 radical (unpaired) electrons. The van der Waals surface area contributed by atoms with E-state index < -0.39 is 5.54 Å². The van der Waals surface area contributed by atoms with E-state index in [0.717, 1.165) is 16.9 Å². The van der Waals surface area contributed by atoms with Gasteiger partial charge in [-0.15, -0.1) is 0 Å². The van der Waals surface area contributed by atoms with Crippen molar-refractivity contribution >= 4 is 34.1 Å². The minimum Gasteiger partial charge on any atom is -0.379 e. The van der Waals surface area contributed by atoms with Gasteiger partial charge in [0, 0.05) is 40.5 Å². The number of nitrogens with zero attached hydrogens (tertiary/aromatic N) is 3. The molecule has 1 aliphatic heterocycles. The van der Waals surface area contributed by atoms with Gasteiger partial charge in [-0.05, 0) is 43.5 Å². The summed E-state index contributed by atoms with van der Waals surface area (Å²) in [5.41, 5.74) is 8.46. The van der Waals surface area contributed by atoms with Gasteiger partial charge in [0.2, 0.25) is 0 Å². The summed E-state index contributed by atoms with van der Waals surface area (Å²) in [5.74, 6) is 0.164. The Morgan fingerprint density at radius 1 is 1.26 bits per heavy atom. The molecule has 3 N–H and O–H groups in total. The van der Waals surface area contributed by atoms with Crippen LogP contribution >= 0.6 is 11.8 Å². The SMILES string of the molecule is CC1(c2cc(NC(=O)C3=CC=C(c4cncnc4)C=CC3)ccc2F)CCSC(N)=N1. The van der Waals surface area contributed by atoms with Gasteiger partial charge in [-0.25, -0.2) is 14.4 Å². The highest BCUT2D eigenvalue weighted by atomic mass is 32.2. The fourth-order valence-electron chi connectivity index (χ4n) is 3.54. The molecule has 1 aromatic carbocycles. The molecule has 0 bridgehead atoms. The molecule has 0 saturated heterocycles. The summed E-state index contributed by atoms with van der Waals surface area (Å²) in [5, 5.41) is 3.33. The monoisotopic (exact) mass is 435 g/mol. The van der Waals surface area contributed by atoms with Gasteiger partial charge in [0.1, 0.15) is 12.1 Å². The number of nitrogens with two attached hydrogens (primary N) is 1. The summed E-state index contributed by atoms with van der Waals surface area (Å²) < 4.78 is 14.6. The lowest BCUT2D eigenvalue weighted by atomic mass is 9.89. The topological polar surface area (TPSA) is 93.3 Å². The molecule has 0 fully saturated rings. The summed E-state index contributed by atoms with van der Waals surface area (Å²) >= 11 is 1.46. The lowest BCUT2D eigenvalue weighted by molar-refractivity contribution is -0.112. The summed E-state index contributed by atoms with van der Waals surface area (Å²) in [6.45, 7) is 1.86. The van der Waals surface area contributed by atoms with Crippen molar-refractivity contribution in [3.05, 3.63) is 83.7 Å². The summed E-state index contributed by atoms with van der Waals surface area (Å²) in [4.78, 5) is 25.4. The second-order valence-corrected chi connectivity index (χ2v) is 8.63. The largest absolute Gasteiger partial charge is 0.379 e. The number of amidine groups is 1. The van der Waals surface area contributed by atoms with Crippen LogP contribution in [0, 0.1) is 5.82 Å². The van der Waals surface area contributed by atoms with Gasteiger partial charge in [0.25, 0.3) is 5.91 Å². The van der Waals surface area contributed by atoms with Crippen LogP contribution in [0.15, 0.2) is 71.8 Å². The van der Waals surface area contributed by atoms with Crippen molar-refractivity contribution in [2.45, 2.75) is 25.3 Å². The fraction of sp³-hybridized carbons (Fsp3) is 0.217. The Balaban J connectivity index is 1.55. The molecular formula is C23H22FN5OS. The molecule has 2 aromatic rings. The maximum absolute atomic E-state index is 14.6. The quantitative estimate of drug-likeness (QED) is 0.751. The molecule has 31 heavy (non-hydrogen) atoms. The number of hydrogen-bond acceptors (Lipinski definition) is 6. The van der Waals surface area contributed by atoms with Crippen LogP contribution in [0.1, 0.15) is 30.9 Å². The van der Waals surface area contributed by atoms with Crippen molar-refractivity contribution in [2.24, 2.45) is 10.7 Å². The predicted molar refractivity (Wildman–Crippen MR) is 123 cm³/mol. The third-order valence-electron chi connectivity index (χ3n) is 5.29. The zero-order valence-corrected chi connectivity index (χ0v) is 17.8. The van der Waals surface area contributed by atoms with Gasteiger partial charge >= 0.3 is 0 Å².